The average Bonchev–Trinajstić information content (AvgIpc) is 4.04. The smallest absolute Gasteiger partial charge is 0.305 e. The normalized spacial score (nSPS) is 21.9. The lowest BCUT2D eigenvalue weighted by molar-refractivity contribution is -0.191. The first-order valence-electron chi connectivity index (χ1n) is 18.2. The minimum Gasteiger partial charge on any atom is -0.440 e. The molecule has 280 valence electrons. The van der Waals surface area contributed by atoms with Gasteiger partial charge in [0.15, 0.2) is 35.0 Å². The number of anilines is 1. The number of aromatic nitrogens is 5. The molecule has 2 saturated heterocycles. The van der Waals surface area contributed by atoms with Crippen LogP contribution in [0.5, 0.6) is 11.5 Å². The van der Waals surface area contributed by atoms with Crippen LogP contribution in [0.2, 0.25) is 0 Å². The first kappa shape index (κ1) is 34.3. The molecule has 2 fully saturated rings. The summed E-state index contributed by atoms with van der Waals surface area (Å²) in [5, 5.41) is 3.81. The number of nitrogens with two attached hydrogens (primary N) is 1. The molecule has 0 radical (unpaired) electrons. The maximum absolute atomic E-state index is 14.3. The van der Waals surface area contributed by atoms with E-state index in [2.05, 4.69) is 20.3 Å². The number of carbonyl (C=O) groups is 1. The number of carbonyl (C=O) groups excluding carboxylic acids is 1. The largest absolute Gasteiger partial charge is 0.440 e. The lowest BCUT2D eigenvalue weighted by Gasteiger charge is -2.28. The van der Waals surface area contributed by atoms with Crippen LogP contribution in [0.1, 0.15) is 41.6 Å². The van der Waals surface area contributed by atoms with Gasteiger partial charge in [-0.2, -0.15) is 0 Å². The molecule has 7 aromatic rings. The molecule has 14 heteroatoms. The number of hydrogen-bond acceptors (Lipinski definition) is 12. The highest BCUT2D eigenvalue weighted by Gasteiger charge is 2.55. The number of para-hydroxylation sites is 1. The second-order valence-electron chi connectivity index (χ2n) is 14.2. The van der Waals surface area contributed by atoms with Gasteiger partial charge in [-0.25, -0.2) is 19.9 Å². The van der Waals surface area contributed by atoms with E-state index in [4.69, 9.17) is 34.4 Å². The molecule has 0 bridgehead atoms. The van der Waals surface area contributed by atoms with E-state index in [0.717, 1.165) is 31.9 Å². The maximum atomic E-state index is 14.3. The summed E-state index contributed by atoms with van der Waals surface area (Å²) in [4.78, 5) is 32.0. The summed E-state index contributed by atoms with van der Waals surface area (Å²) in [7, 11) is 0. The van der Waals surface area contributed by atoms with Gasteiger partial charge in [0.1, 0.15) is 35.2 Å². The molecule has 1 unspecified atom stereocenters. The predicted octanol–water partition coefficient (Wildman–Crippen LogP) is 6.76. The van der Waals surface area contributed by atoms with Gasteiger partial charge in [-0.3, -0.25) is 9.36 Å². The van der Waals surface area contributed by atoms with Gasteiger partial charge >= 0.3 is 5.79 Å². The van der Waals surface area contributed by atoms with Crippen LogP contribution in [0.3, 0.4) is 0 Å². The monoisotopic (exact) mass is 765 g/mol. The highest BCUT2D eigenvalue weighted by Crippen LogP contribution is 2.51. The molecule has 3 N–H and O–H groups in total. The molecule has 13 nitrogen and oxygen atoms in total. The molecule has 6 heterocycles. The Morgan fingerprint density at radius 3 is 2.41 bits per heavy atom. The molecule has 3 aliphatic rings. The number of benzene rings is 4. The summed E-state index contributed by atoms with van der Waals surface area (Å²) in [6, 6.07) is 31.1. The SMILES string of the molecule is CC1(C)OC2[C@@H](/C=C/CNC(=O)c3cc(-c4nc5ccccc5s4)cc4c3OC(c3ccccc3)(c3ccccc3)O4)O[C@@H](n3cnc4c(N)ncnc43)[C@H]2O1. The number of amides is 1. The van der Waals surface area contributed by atoms with Gasteiger partial charge < -0.3 is 34.7 Å². The van der Waals surface area contributed by atoms with E-state index in [1.54, 1.807) is 22.2 Å². The highest BCUT2D eigenvalue weighted by molar-refractivity contribution is 7.21. The van der Waals surface area contributed by atoms with Crippen molar-refractivity contribution < 1.29 is 28.5 Å². The number of nitrogens with zero attached hydrogens (tertiary/aromatic N) is 5. The van der Waals surface area contributed by atoms with Crippen molar-refractivity contribution in [2.45, 2.75) is 50.0 Å². The summed E-state index contributed by atoms with van der Waals surface area (Å²) >= 11 is 1.55. The van der Waals surface area contributed by atoms with Crippen molar-refractivity contribution in [3.63, 3.8) is 0 Å². The Labute approximate surface area is 324 Å². The maximum Gasteiger partial charge on any atom is 0.305 e. The number of imidazole rings is 1. The minimum absolute atomic E-state index is 0.187. The zero-order valence-corrected chi connectivity index (χ0v) is 31.1. The Morgan fingerprint density at radius 2 is 1.64 bits per heavy atom. The quantitative estimate of drug-likeness (QED) is 0.158. The second-order valence-corrected chi connectivity index (χ2v) is 15.2. The number of nitrogen functional groups attached to an aromatic ring is 1. The molecule has 0 spiro atoms. The third-order valence-electron chi connectivity index (χ3n) is 10.1. The fraction of sp³-hybridized carbons (Fsp3) is 0.214. The van der Waals surface area contributed by atoms with Crippen molar-refractivity contribution in [3.8, 4) is 22.1 Å². The zero-order chi connectivity index (χ0) is 38.0. The first-order valence-corrected chi connectivity index (χ1v) is 19.0. The summed E-state index contributed by atoms with van der Waals surface area (Å²) in [6.07, 6.45) is 4.76. The van der Waals surface area contributed by atoms with E-state index in [0.29, 0.717) is 28.2 Å². The average molecular weight is 766 g/mol. The van der Waals surface area contributed by atoms with Crippen LogP contribution in [0, 0.1) is 0 Å². The molecule has 4 atom stereocenters. The van der Waals surface area contributed by atoms with Crippen LogP contribution in [0.4, 0.5) is 5.82 Å². The van der Waals surface area contributed by atoms with Gasteiger partial charge in [0.2, 0.25) is 0 Å². The van der Waals surface area contributed by atoms with Crippen molar-refractivity contribution in [1.29, 1.82) is 0 Å². The summed E-state index contributed by atoms with van der Waals surface area (Å²) in [5.41, 5.74) is 10.6. The molecule has 3 aliphatic heterocycles. The van der Waals surface area contributed by atoms with Crippen molar-refractivity contribution >= 4 is 44.4 Å². The van der Waals surface area contributed by atoms with Crippen LogP contribution < -0.4 is 20.5 Å². The fourth-order valence-electron chi connectivity index (χ4n) is 7.60. The van der Waals surface area contributed by atoms with Crippen LogP contribution in [0.15, 0.2) is 122 Å². The second kappa shape index (κ2) is 13.2. The van der Waals surface area contributed by atoms with E-state index < -0.39 is 36.1 Å². The van der Waals surface area contributed by atoms with E-state index in [-0.39, 0.29) is 18.3 Å². The van der Waals surface area contributed by atoms with E-state index in [1.165, 1.54) is 6.33 Å². The molecule has 4 aromatic carbocycles. The number of ether oxygens (including phenoxy) is 5. The molecule has 56 heavy (non-hydrogen) atoms. The van der Waals surface area contributed by atoms with Crippen LogP contribution in [0.25, 0.3) is 32.0 Å². The number of thiazole rings is 1. The molecular weight excluding hydrogens is 731 g/mol. The third kappa shape index (κ3) is 5.76. The Hall–Kier alpha value is -6.19. The Morgan fingerprint density at radius 1 is 0.911 bits per heavy atom. The van der Waals surface area contributed by atoms with Crippen LogP contribution in [-0.2, 0) is 20.0 Å². The lowest BCUT2D eigenvalue weighted by Crippen LogP contribution is -2.37. The highest BCUT2D eigenvalue weighted by atomic mass is 32.1. The molecule has 1 amide bonds. The number of rotatable bonds is 8. The van der Waals surface area contributed by atoms with E-state index >= 15 is 0 Å². The summed E-state index contributed by atoms with van der Waals surface area (Å²) in [5.74, 6) is -1.46. The van der Waals surface area contributed by atoms with Gasteiger partial charge in [0.25, 0.3) is 5.91 Å². The molecule has 0 saturated carbocycles. The summed E-state index contributed by atoms with van der Waals surface area (Å²) < 4.78 is 35.6. The lowest BCUT2D eigenvalue weighted by atomic mass is 9.97. The van der Waals surface area contributed by atoms with Crippen molar-refractivity contribution in [1.82, 2.24) is 29.8 Å². The van der Waals surface area contributed by atoms with E-state index in [9.17, 15) is 4.79 Å². The minimum atomic E-state index is -1.33. The van der Waals surface area contributed by atoms with Gasteiger partial charge in [0, 0.05) is 23.2 Å². The Balaban J connectivity index is 0.953. The Bertz CT molecular complexity index is 2570. The van der Waals surface area contributed by atoms with Gasteiger partial charge in [-0.15, -0.1) is 11.3 Å². The van der Waals surface area contributed by atoms with Crippen LogP contribution >= 0.6 is 11.3 Å². The molecule has 0 aliphatic carbocycles. The number of hydrogen-bond donors (Lipinski definition) is 2. The predicted molar refractivity (Wildman–Crippen MR) is 209 cm³/mol. The zero-order valence-electron chi connectivity index (χ0n) is 30.2. The van der Waals surface area contributed by atoms with E-state index in [1.807, 2.05) is 123 Å². The number of nitrogens with one attached hydrogen (secondary N) is 1. The fourth-order valence-corrected chi connectivity index (χ4v) is 8.55. The van der Waals surface area contributed by atoms with Crippen LogP contribution in [-0.4, -0.2) is 61.1 Å². The van der Waals surface area contributed by atoms with Gasteiger partial charge in [0.05, 0.1) is 22.1 Å². The molecule has 3 aromatic heterocycles. The van der Waals surface area contributed by atoms with Crippen molar-refractivity contribution in [3.05, 3.63) is 139 Å². The summed E-state index contributed by atoms with van der Waals surface area (Å²) in [6.45, 7) is 3.92. The third-order valence-corrected chi connectivity index (χ3v) is 11.2. The molecular formula is C42H35N7O6S. The van der Waals surface area contributed by atoms with Crippen molar-refractivity contribution in [2.24, 2.45) is 0 Å². The van der Waals surface area contributed by atoms with Crippen molar-refractivity contribution in [2.75, 3.05) is 12.3 Å². The standard InChI is InChI=1S/C42H35N7O6S/c1-41(2)53-34-29(51-40(35(34)54-41)49-23-47-32-36(43)45-22-46-37(32)49)17-11-19-44-38(50)27-20-24(39-48-28-16-9-10-18-31(28)56-39)21-30-33(27)55-42(52-30,25-12-5-3-6-13-25)26-14-7-4-8-15-26/h3-18,20-23,29,34-35,40H,19H2,1-2H3,(H,44,50)(H2,43,45,46)/b17-11+/t29-,34?,35+,40-/m1/s1. The molecule has 10 rings (SSSR count). The first-order chi connectivity index (χ1) is 27.3. The topological polar surface area (TPSA) is 158 Å². The Kier molecular flexibility index (Phi) is 8.11. The van der Waals surface area contributed by atoms with Gasteiger partial charge in [-0.05, 0) is 38.1 Å². The number of fused-ring (bicyclic) bond motifs is 4. The van der Waals surface area contributed by atoms with Gasteiger partial charge in [-0.1, -0.05) is 84.9 Å².